The van der Waals surface area contributed by atoms with Crippen LogP contribution in [0.15, 0.2) is 54.6 Å². The summed E-state index contributed by atoms with van der Waals surface area (Å²) in [7, 11) is 0. The Bertz CT molecular complexity index is 567. The van der Waals surface area contributed by atoms with E-state index in [-0.39, 0.29) is 0 Å². The van der Waals surface area contributed by atoms with E-state index in [1.807, 2.05) is 0 Å². The Morgan fingerprint density at radius 1 is 1.10 bits per heavy atom. The Labute approximate surface area is 129 Å². The Morgan fingerprint density at radius 3 is 2.55 bits per heavy atom. The van der Waals surface area contributed by atoms with Gasteiger partial charge in [-0.25, -0.2) is 0 Å². The predicted molar refractivity (Wildman–Crippen MR) is 89.9 cm³/mol. The summed E-state index contributed by atoms with van der Waals surface area (Å²) in [5.74, 6) is 0.532. The number of fused-ring (bicyclic) bond motifs is 1. The predicted octanol–water partition coefficient (Wildman–Crippen LogP) is 4.62. The molecule has 0 saturated carbocycles. The summed E-state index contributed by atoms with van der Waals surface area (Å²) in [6.45, 7) is 3.41. The number of nitrogens with zero attached hydrogens (tertiary/aromatic N) is 1. The molecule has 1 aliphatic rings. The highest BCUT2D eigenvalue weighted by Crippen LogP contribution is 2.34. The molecule has 2 heteroatoms. The topological polar surface area (TPSA) is 3.24 Å². The fraction of sp³-hybridized carbons (Fsp3) is 0.333. The maximum absolute atomic E-state index is 3.69. The van der Waals surface area contributed by atoms with Gasteiger partial charge in [-0.3, -0.25) is 0 Å². The average Bonchev–Trinajstić information content (AvgIpc) is 2.81. The number of para-hydroxylation sites is 1. The molecule has 20 heavy (non-hydrogen) atoms. The molecule has 1 heterocycles. The first-order chi connectivity index (χ1) is 9.79. The van der Waals surface area contributed by atoms with Crippen molar-refractivity contribution in [2.75, 3.05) is 16.8 Å². The smallest absolute Gasteiger partial charge is 0.0402 e. The van der Waals surface area contributed by atoms with Gasteiger partial charge in [0.15, 0.2) is 0 Å². The molecule has 2 atom stereocenters. The van der Waals surface area contributed by atoms with Crippen molar-refractivity contribution in [3.63, 3.8) is 0 Å². The quantitative estimate of drug-likeness (QED) is 0.740. The lowest BCUT2D eigenvalue weighted by molar-refractivity contribution is 0.628. The van der Waals surface area contributed by atoms with Crippen LogP contribution in [0.1, 0.15) is 24.0 Å². The minimum Gasteiger partial charge on any atom is -0.368 e. The van der Waals surface area contributed by atoms with Crippen molar-refractivity contribution in [1.82, 2.24) is 0 Å². The van der Waals surface area contributed by atoms with Crippen molar-refractivity contribution in [1.29, 1.82) is 0 Å². The van der Waals surface area contributed by atoms with E-state index in [1.54, 1.807) is 0 Å². The summed E-state index contributed by atoms with van der Waals surface area (Å²) < 4.78 is 0. The van der Waals surface area contributed by atoms with Gasteiger partial charge in [0, 0.05) is 29.5 Å². The lowest BCUT2D eigenvalue weighted by Crippen LogP contribution is -2.33. The maximum atomic E-state index is 3.69. The Kier molecular flexibility index (Phi) is 4.11. The fourth-order valence-corrected chi connectivity index (χ4v) is 3.69. The first-order valence-corrected chi connectivity index (χ1v) is 8.37. The third-order valence-electron chi connectivity index (χ3n) is 4.22. The lowest BCUT2D eigenvalue weighted by atomic mass is 10.0. The third-order valence-corrected chi connectivity index (χ3v) is 5.00. The minimum absolute atomic E-state index is 0.532. The molecule has 0 bridgehead atoms. The molecule has 0 radical (unpaired) electrons. The summed E-state index contributed by atoms with van der Waals surface area (Å²) in [6, 6.07) is 20.2. The molecule has 1 aliphatic heterocycles. The molecule has 1 nitrogen and oxygen atoms in total. The van der Waals surface area contributed by atoms with Crippen LogP contribution >= 0.6 is 15.9 Å². The molecular formula is C18H20BrN. The summed E-state index contributed by atoms with van der Waals surface area (Å²) in [5, 5.41) is 1.00. The molecule has 0 saturated heterocycles. The summed E-state index contributed by atoms with van der Waals surface area (Å²) >= 11 is 3.69. The zero-order valence-electron chi connectivity index (χ0n) is 11.8. The van der Waals surface area contributed by atoms with Gasteiger partial charge in [-0.2, -0.15) is 0 Å². The highest BCUT2D eigenvalue weighted by molar-refractivity contribution is 9.09. The third kappa shape index (κ3) is 2.62. The van der Waals surface area contributed by atoms with Crippen LogP contribution in [0, 0.1) is 0 Å². The van der Waals surface area contributed by atoms with Gasteiger partial charge in [0.25, 0.3) is 0 Å². The number of hydrogen-bond donors (Lipinski definition) is 0. The minimum atomic E-state index is 0.532. The number of rotatable bonds is 4. The van der Waals surface area contributed by atoms with E-state index in [2.05, 4.69) is 82.4 Å². The molecule has 3 rings (SSSR count). The van der Waals surface area contributed by atoms with Crippen LogP contribution in [-0.2, 0) is 6.42 Å². The van der Waals surface area contributed by atoms with Gasteiger partial charge < -0.3 is 4.90 Å². The van der Waals surface area contributed by atoms with E-state index in [0.717, 1.165) is 11.9 Å². The summed E-state index contributed by atoms with van der Waals surface area (Å²) in [5.41, 5.74) is 4.32. The molecule has 0 spiro atoms. The zero-order valence-corrected chi connectivity index (χ0v) is 13.4. The van der Waals surface area contributed by atoms with E-state index in [0.29, 0.717) is 12.0 Å². The van der Waals surface area contributed by atoms with Crippen LogP contribution in [0.4, 0.5) is 5.69 Å². The van der Waals surface area contributed by atoms with Crippen molar-refractivity contribution in [2.45, 2.75) is 25.3 Å². The van der Waals surface area contributed by atoms with Crippen LogP contribution < -0.4 is 4.90 Å². The van der Waals surface area contributed by atoms with Gasteiger partial charge in [-0.15, -0.1) is 0 Å². The molecule has 2 unspecified atom stereocenters. The van der Waals surface area contributed by atoms with Crippen LogP contribution in [0.5, 0.6) is 0 Å². The van der Waals surface area contributed by atoms with E-state index < -0.39 is 0 Å². The van der Waals surface area contributed by atoms with Crippen LogP contribution in [0.25, 0.3) is 0 Å². The maximum Gasteiger partial charge on any atom is 0.0402 e. The van der Waals surface area contributed by atoms with Crippen molar-refractivity contribution < 1.29 is 0 Å². The van der Waals surface area contributed by atoms with E-state index in [1.165, 1.54) is 23.2 Å². The van der Waals surface area contributed by atoms with Crippen molar-refractivity contribution in [3.8, 4) is 0 Å². The summed E-state index contributed by atoms with van der Waals surface area (Å²) in [6.07, 6.45) is 1.17. The molecule has 0 N–H and O–H groups in total. The van der Waals surface area contributed by atoms with Crippen LogP contribution in [0.3, 0.4) is 0 Å². The molecule has 0 amide bonds. The molecule has 0 fully saturated rings. The molecule has 104 valence electrons. The first-order valence-electron chi connectivity index (χ1n) is 7.25. The number of hydrogen-bond acceptors (Lipinski definition) is 1. The second-order valence-corrected chi connectivity index (χ2v) is 6.24. The molecule has 2 aromatic carbocycles. The van der Waals surface area contributed by atoms with Crippen LogP contribution in [-0.4, -0.2) is 17.9 Å². The number of halogens is 1. The van der Waals surface area contributed by atoms with E-state index in [9.17, 15) is 0 Å². The first kappa shape index (κ1) is 13.7. The highest BCUT2D eigenvalue weighted by Gasteiger charge is 2.27. The monoisotopic (exact) mass is 329 g/mol. The standard InChI is InChI=1S/C18H20BrN/c1-14-11-16-9-5-6-10-18(16)20(14)13-17(12-19)15-7-3-2-4-8-15/h2-10,14,17H,11-13H2,1H3. The lowest BCUT2D eigenvalue weighted by Gasteiger charge is -2.29. The number of benzene rings is 2. The molecule has 2 aromatic rings. The molecule has 0 aliphatic carbocycles. The highest BCUT2D eigenvalue weighted by atomic mass is 79.9. The van der Waals surface area contributed by atoms with E-state index in [4.69, 9.17) is 0 Å². The molecule has 0 aromatic heterocycles. The van der Waals surface area contributed by atoms with Gasteiger partial charge in [0.1, 0.15) is 0 Å². The van der Waals surface area contributed by atoms with Crippen molar-refractivity contribution >= 4 is 21.6 Å². The second kappa shape index (κ2) is 6.01. The number of anilines is 1. The van der Waals surface area contributed by atoms with Gasteiger partial charge in [0.2, 0.25) is 0 Å². The van der Waals surface area contributed by atoms with Crippen molar-refractivity contribution in [2.24, 2.45) is 0 Å². The summed E-state index contributed by atoms with van der Waals surface area (Å²) in [4.78, 5) is 2.56. The zero-order chi connectivity index (χ0) is 13.9. The normalized spacial score (nSPS) is 18.9. The van der Waals surface area contributed by atoms with Gasteiger partial charge in [-0.1, -0.05) is 64.5 Å². The fourth-order valence-electron chi connectivity index (χ4n) is 3.11. The van der Waals surface area contributed by atoms with Gasteiger partial charge in [0.05, 0.1) is 0 Å². The largest absolute Gasteiger partial charge is 0.368 e. The van der Waals surface area contributed by atoms with Gasteiger partial charge >= 0.3 is 0 Å². The average molecular weight is 330 g/mol. The Morgan fingerprint density at radius 2 is 1.80 bits per heavy atom. The SMILES string of the molecule is CC1Cc2ccccc2N1CC(CBr)c1ccccc1. The second-order valence-electron chi connectivity index (χ2n) is 5.60. The number of alkyl halides is 1. The molecular weight excluding hydrogens is 310 g/mol. The van der Waals surface area contributed by atoms with Gasteiger partial charge in [-0.05, 0) is 30.5 Å². The van der Waals surface area contributed by atoms with E-state index >= 15 is 0 Å². The Balaban J connectivity index is 1.83. The van der Waals surface area contributed by atoms with Crippen molar-refractivity contribution in [3.05, 3.63) is 65.7 Å². The Hall–Kier alpha value is -1.28. The van der Waals surface area contributed by atoms with Crippen LogP contribution in [0.2, 0.25) is 0 Å².